The number of aliphatic hydroxyl groups is 1. The van der Waals surface area contributed by atoms with Gasteiger partial charge in [0.25, 0.3) is 0 Å². The number of halogens is 2. The Labute approximate surface area is 172 Å². The first kappa shape index (κ1) is 21.6. The quantitative estimate of drug-likeness (QED) is 0.307. The van der Waals surface area contributed by atoms with Crippen molar-refractivity contribution in [1.82, 2.24) is 15.6 Å². The molecule has 0 aliphatic rings. The summed E-state index contributed by atoms with van der Waals surface area (Å²) in [5.74, 6) is 0.669. The van der Waals surface area contributed by atoms with Gasteiger partial charge in [-0.25, -0.2) is 9.98 Å². The van der Waals surface area contributed by atoms with Crippen molar-refractivity contribution in [3.05, 3.63) is 37.4 Å². The highest BCUT2D eigenvalue weighted by Gasteiger charge is 2.11. The molecule has 134 valence electrons. The van der Waals surface area contributed by atoms with Gasteiger partial charge in [0.1, 0.15) is 11.1 Å². The van der Waals surface area contributed by atoms with Crippen molar-refractivity contribution >= 4 is 64.2 Å². The average molecular weight is 501 g/mol. The molecule has 2 rings (SSSR count). The molecule has 2 aromatic rings. The van der Waals surface area contributed by atoms with E-state index in [9.17, 15) is 5.11 Å². The van der Waals surface area contributed by atoms with Gasteiger partial charge in [-0.3, -0.25) is 0 Å². The fourth-order valence-electron chi connectivity index (χ4n) is 1.87. The Balaban J connectivity index is 0.00000288. The van der Waals surface area contributed by atoms with Crippen molar-refractivity contribution in [2.24, 2.45) is 4.99 Å². The van der Waals surface area contributed by atoms with Crippen LogP contribution in [0, 0.1) is 0 Å². The molecule has 0 bridgehead atoms. The van der Waals surface area contributed by atoms with Crippen LogP contribution < -0.4 is 10.6 Å². The van der Waals surface area contributed by atoms with Crippen molar-refractivity contribution < 1.29 is 5.11 Å². The number of thiophene rings is 1. The first-order valence-electron chi connectivity index (χ1n) is 7.51. The van der Waals surface area contributed by atoms with E-state index < -0.39 is 6.10 Å². The Morgan fingerprint density at radius 3 is 2.71 bits per heavy atom. The molecule has 0 fully saturated rings. The standard InChI is InChI=1S/C15H21ClN4OS2.HI/c1-3-10-7-18-14(22-10)9-20-15(17-4-2)19-8-11(21)12-5-6-13(16)23-12;/h5-7,11,21H,3-4,8-9H2,1-2H3,(H2,17,19,20);1H. The van der Waals surface area contributed by atoms with Crippen LogP contribution >= 0.6 is 58.3 Å². The number of guanidine groups is 1. The molecular weight excluding hydrogens is 479 g/mol. The lowest BCUT2D eigenvalue weighted by Crippen LogP contribution is -2.39. The number of nitrogens with one attached hydrogen (secondary N) is 2. The lowest BCUT2D eigenvalue weighted by molar-refractivity contribution is 0.184. The van der Waals surface area contributed by atoms with E-state index in [0.29, 0.717) is 23.4 Å². The summed E-state index contributed by atoms with van der Waals surface area (Å²) in [6.45, 7) is 5.78. The van der Waals surface area contributed by atoms with Gasteiger partial charge in [-0.2, -0.15) is 0 Å². The van der Waals surface area contributed by atoms with E-state index in [1.54, 1.807) is 17.4 Å². The second kappa shape index (κ2) is 11.2. The third kappa shape index (κ3) is 6.83. The molecular formula is C15H22ClIN4OS2. The number of aromatic nitrogens is 1. The van der Waals surface area contributed by atoms with E-state index in [2.05, 4.69) is 27.5 Å². The van der Waals surface area contributed by atoms with Crippen molar-refractivity contribution in [3.63, 3.8) is 0 Å². The van der Waals surface area contributed by atoms with Crippen LogP contribution in [-0.2, 0) is 13.0 Å². The van der Waals surface area contributed by atoms with Gasteiger partial charge in [-0.05, 0) is 25.5 Å². The molecule has 1 atom stereocenters. The van der Waals surface area contributed by atoms with Crippen molar-refractivity contribution in [2.45, 2.75) is 32.9 Å². The van der Waals surface area contributed by atoms with Gasteiger partial charge < -0.3 is 15.7 Å². The molecule has 1 unspecified atom stereocenters. The second-order valence-electron chi connectivity index (χ2n) is 4.81. The predicted octanol–water partition coefficient (Wildman–Crippen LogP) is 3.83. The van der Waals surface area contributed by atoms with E-state index in [1.165, 1.54) is 16.2 Å². The Kier molecular flexibility index (Phi) is 10.1. The van der Waals surface area contributed by atoms with Crippen molar-refractivity contribution in [1.29, 1.82) is 0 Å². The molecule has 3 N–H and O–H groups in total. The Morgan fingerprint density at radius 2 is 2.12 bits per heavy atom. The molecule has 0 radical (unpaired) electrons. The zero-order valence-corrected chi connectivity index (χ0v) is 18.3. The van der Waals surface area contributed by atoms with Gasteiger partial charge >= 0.3 is 0 Å². The minimum atomic E-state index is -0.608. The van der Waals surface area contributed by atoms with Crippen LogP contribution in [0.25, 0.3) is 0 Å². The lowest BCUT2D eigenvalue weighted by Gasteiger charge is -2.14. The minimum Gasteiger partial charge on any atom is -0.386 e. The summed E-state index contributed by atoms with van der Waals surface area (Å²) in [7, 11) is 0. The van der Waals surface area contributed by atoms with E-state index >= 15 is 0 Å². The Bertz CT molecular complexity index is 647. The van der Waals surface area contributed by atoms with Crippen LogP contribution in [0.2, 0.25) is 4.34 Å². The van der Waals surface area contributed by atoms with E-state index in [4.69, 9.17) is 11.6 Å². The maximum absolute atomic E-state index is 10.2. The predicted molar refractivity (Wildman–Crippen MR) is 114 cm³/mol. The molecule has 0 aliphatic carbocycles. The fourth-order valence-corrected chi connectivity index (χ4v) is 3.71. The topological polar surface area (TPSA) is 69.5 Å². The first-order valence-corrected chi connectivity index (χ1v) is 9.52. The monoisotopic (exact) mass is 500 g/mol. The summed E-state index contributed by atoms with van der Waals surface area (Å²) in [5.41, 5.74) is 0. The Hall–Kier alpha value is -0.420. The van der Waals surface area contributed by atoms with E-state index in [-0.39, 0.29) is 24.0 Å². The number of aryl methyl sites for hydroxylation is 1. The normalized spacial score (nSPS) is 12.6. The van der Waals surface area contributed by atoms with Crippen LogP contribution in [0.3, 0.4) is 0 Å². The van der Waals surface area contributed by atoms with E-state index in [0.717, 1.165) is 22.9 Å². The third-order valence-corrected chi connectivity index (χ3v) is 5.51. The van der Waals surface area contributed by atoms with Gasteiger partial charge in [0.2, 0.25) is 0 Å². The molecule has 0 aliphatic heterocycles. The molecule has 2 heterocycles. The number of aliphatic imine (C=N–C) groups is 1. The number of aliphatic hydroxyl groups excluding tert-OH is 1. The summed E-state index contributed by atoms with van der Waals surface area (Å²) < 4.78 is 0.676. The first-order chi connectivity index (χ1) is 11.1. The van der Waals surface area contributed by atoms with E-state index in [1.807, 2.05) is 19.2 Å². The number of rotatable bonds is 7. The van der Waals surface area contributed by atoms with Crippen molar-refractivity contribution in [2.75, 3.05) is 13.1 Å². The highest BCUT2D eigenvalue weighted by molar-refractivity contribution is 14.0. The van der Waals surface area contributed by atoms with Crippen LogP contribution in [0.15, 0.2) is 23.3 Å². The van der Waals surface area contributed by atoms with Crippen LogP contribution in [0.5, 0.6) is 0 Å². The Morgan fingerprint density at radius 1 is 1.33 bits per heavy atom. The number of thiazole rings is 1. The maximum atomic E-state index is 10.2. The second-order valence-corrected chi connectivity index (χ2v) is 7.75. The molecule has 0 saturated carbocycles. The molecule has 0 saturated heterocycles. The summed E-state index contributed by atoms with van der Waals surface area (Å²) in [4.78, 5) is 11.0. The highest BCUT2D eigenvalue weighted by Crippen LogP contribution is 2.26. The van der Waals surface area contributed by atoms with Crippen molar-refractivity contribution in [3.8, 4) is 0 Å². The molecule has 0 amide bonds. The van der Waals surface area contributed by atoms with Crippen LogP contribution in [0.4, 0.5) is 0 Å². The average Bonchev–Trinajstić information content (AvgIpc) is 3.18. The maximum Gasteiger partial charge on any atom is 0.191 e. The summed E-state index contributed by atoms with van der Waals surface area (Å²) >= 11 is 8.96. The molecule has 0 spiro atoms. The highest BCUT2D eigenvalue weighted by atomic mass is 127. The molecule has 24 heavy (non-hydrogen) atoms. The third-order valence-electron chi connectivity index (χ3n) is 3.05. The van der Waals surface area contributed by atoms with Gasteiger partial charge in [0, 0.05) is 29.0 Å². The van der Waals surface area contributed by atoms with Gasteiger partial charge in [-0.15, -0.1) is 46.7 Å². The zero-order valence-electron chi connectivity index (χ0n) is 13.6. The smallest absolute Gasteiger partial charge is 0.191 e. The fraction of sp³-hybridized carbons (Fsp3) is 0.467. The van der Waals surface area contributed by atoms with Gasteiger partial charge in [-0.1, -0.05) is 18.5 Å². The summed E-state index contributed by atoms with van der Waals surface area (Å²) in [5, 5.41) is 17.5. The molecule has 0 aromatic carbocycles. The summed E-state index contributed by atoms with van der Waals surface area (Å²) in [6, 6.07) is 3.63. The largest absolute Gasteiger partial charge is 0.386 e. The summed E-state index contributed by atoms with van der Waals surface area (Å²) in [6.07, 6.45) is 2.29. The molecule has 2 aromatic heterocycles. The van der Waals surface area contributed by atoms with Crippen LogP contribution in [-0.4, -0.2) is 29.1 Å². The number of nitrogens with zero attached hydrogens (tertiary/aromatic N) is 2. The SMILES string of the molecule is CCNC(=NCc1ncc(CC)s1)NCC(O)c1ccc(Cl)s1.I. The molecule has 9 heteroatoms. The zero-order chi connectivity index (χ0) is 16.7. The minimum absolute atomic E-state index is 0. The lowest BCUT2D eigenvalue weighted by atomic mass is 10.3. The van der Waals surface area contributed by atoms with Gasteiger partial charge in [0.15, 0.2) is 5.96 Å². The number of hydrogen-bond donors (Lipinski definition) is 3. The molecule has 5 nitrogen and oxygen atoms in total. The number of hydrogen-bond acceptors (Lipinski definition) is 5. The van der Waals surface area contributed by atoms with Gasteiger partial charge in [0.05, 0.1) is 10.9 Å². The van der Waals surface area contributed by atoms with Crippen LogP contribution in [0.1, 0.15) is 34.7 Å².